The molecule has 178 valence electrons. The van der Waals surface area contributed by atoms with Crippen molar-refractivity contribution in [2.75, 3.05) is 20.4 Å². The molecule has 4 atom stereocenters. The average Bonchev–Trinajstić information content (AvgIpc) is 3.32. The molecule has 2 aliphatic rings. The van der Waals surface area contributed by atoms with E-state index >= 15 is 4.39 Å². The molecule has 1 aromatic heterocycles. The average molecular weight is 480 g/mol. The van der Waals surface area contributed by atoms with E-state index in [1.54, 1.807) is 51.1 Å². The maximum absolute atomic E-state index is 15.1. The van der Waals surface area contributed by atoms with Gasteiger partial charge in [-0.2, -0.15) is 0 Å². The van der Waals surface area contributed by atoms with Crippen LogP contribution in [0.1, 0.15) is 27.2 Å². The van der Waals surface area contributed by atoms with E-state index in [-0.39, 0.29) is 18.6 Å². The fourth-order valence-electron chi connectivity index (χ4n) is 4.23. The maximum Gasteiger partial charge on any atom is 0.410 e. The van der Waals surface area contributed by atoms with Crippen LogP contribution in [0.2, 0.25) is 5.02 Å². The predicted octanol–water partition coefficient (Wildman–Crippen LogP) is 4.50. The van der Waals surface area contributed by atoms with E-state index in [1.165, 1.54) is 12.0 Å². The molecule has 2 heterocycles. The van der Waals surface area contributed by atoms with Crippen molar-refractivity contribution in [3.8, 4) is 22.9 Å². The highest BCUT2D eigenvalue weighted by Crippen LogP contribution is 2.42. The summed E-state index contributed by atoms with van der Waals surface area (Å²) in [7, 11) is 1.52. The molecule has 2 bridgehead atoms. The van der Waals surface area contributed by atoms with Gasteiger partial charge in [0, 0.05) is 36.2 Å². The number of nitrogens with zero attached hydrogens (tertiary/aromatic N) is 3. The van der Waals surface area contributed by atoms with Gasteiger partial charge in [-0.25, -0.2) is 9.18 Å². The lowest BCUT2D eigenvalue weighted by Crippen LogP contribution is -2.51. The van der Waals surface area contributed by atoms with Gasteiger partial charge in [0.1, 0.15) is 17.5 Å². The molecule has 0 spiro atoms. The number of rotatable bonds is 6. The number of fused-ring (bicyclic) bond motifs is 2. The van der Waals surface area contributed by atoms with Crippen LogP contribution < -0.4 is 9.47 Å². The van der Waals surface area contributed by atoms with Crippen LogP contribution >= 0.6 is 11.6 Å². The number of aromatic nitrogens is 2. The van der Waals surface area contributed by atoms with Crippen LogP contribution in [0.15, 0.2) is 30.3 Å². The Bertz CT molecular complexity index is 999. The minimum Gasteiger partial charge on any atom is -0.470 e. The smallest absolute Gasteiger partial charge is 0.410 e. The molecule has 1 aliphatic carbocycles. The molecule has 1 saturated carbocycles. The van der Waals surface area contributed by atoms with Crippen LogP contribution in [0.4, 0.5) is 9.18 Å². The monoisotopic (exact) mass is 479 g/mol. The third kappa shape index (κ3) is 5.14. The van der Waals surface area contributed by atoms with Gasteiger partial charge in [-0.3, -0.25) is 0 Å². The third-order valence-electron chi connectivity index (χ3n) is 5.60. The topological polar surface area (TPSA) is 83.0 Å². The van der Waals surface area contributed by atoms with E-state index in [2.05, 4.69) is 10.2 Å². The van der Waals surface area contributed by atoms with Gasteiger partial charge in [0.15, 0.2) is 13.0 Å². The highest BCUT2D eigenvalue weighted by atomic mass is 35.5. The second-order valence-electron chi connectivity index (χ2n) is 9.17. The summed E-state index contributed by atoms with van der Waals surface area (Å²) >= 11 is 6.06. The van der Waals surface area contributed by atoms with Crippen LogP contribution in [0, 0.1) is 5.92 Å². The summed E-state index contributed by atoms with van der Waals surface area (Å²) in [5.41, 5.74) is 0.606. The number of hydrogen-bond acceptors (Lipinski definition) is 7. The fraction of sp³-hybridized carbons (Fsp3) is 0.522. The SMILES string of the molecule is COCOc1cc(Cl)ccc1-c1ccc(O[C@@H]2C3C[C@H]([C@H]2F)N(C(=O)OC(C)(C)C)C3)nn1. The first-order valence-corrected chi connectivity index (χ1v) is 11.1. The second-order valence-corrected chi connectivity index (χ2v) is 9.61. The number of benzene rings is 1. The van der Waals surface area contributed by atoms with Gasteiger partial charge in [0.05, 0.1) is 11.7 Å². The van der Waals surface area contributed by atoms with Crippen LogP contribution in [0.3, 0.4) is 0 Å². The Morgan fingerprint density at radius 1 is 1.24 bits per heavy atom. The Morgan fingerprint density at radius 2 is 2.03 bits per heavy atom. The fourth-order valence-corrected chi connectivity index (χ4v) is 4.39. The molecule has 33 heavy (non-hydrogen) atoms. The molecule has 1 amide bonds. The summed E-state index contributed by atoms with van der Waals surface area (Å²) in [4.78, 5) is 13.9. The molecule has 1 unspecified atom stereocenters. The van der Waals surface area contributed by atoms with E-state index in [1.807, 2.05) is 0 Å². The van der Waals surface area contributed by atoms with Gasteiger partial charge in [0.2, 0.25) is 5.88 Å². The van der Waals surface area contributed by atoms with Crippen molar-refractivity contribution in [2.45, 2.75) is 51.1 Å². The van der Waals surface area contributed by atoms with Gasteiger partial charge in [-0.05, 0) is 51.5 Å². The Kier molecular flexibility index (Phi) is 6.63. The van der Waals surface area contributed by atoms with E-state index in [9.17, 15) is 4.79 Å². The number of alkyl halides is 1. The molecule has 2 fully saturated rings. The normalized spacial score (nSPS) is 24.1. The first-order chi connectivity index (χ1) is 15.7. The lowest BCUT2D eigenvalue weighted by atomic mass is 10.0. The van der Waals surface area contributed by atoms with Crippen LogP contribution in [0.25, 0.3) is 11.3 Å². The van der Waals surface area contributed by atoms with Crippen molar-refractivity contribution in [1.82, 2.24) is 15.1 Å². The molecule has 1 saturated heterocycles. The summed E-state index contributed by atoms with van der Waals surface area (Å²) in [6.45, 7) is 5.82. The number of carbonyl (C=O) groups is 1. The largest absolute Gasteiger partial charge is 0.470 e. The van der Waals surface area contributed by atoms with Crippen LogP contribution in [-0.4, -0.2) is 65.6 Å². The van der Waals surface area contributed by atoms with E-state index in [0.29, 0.717) is 35.0 Å². The van der Waals surface area contributed by atoms with Gasteiger partial charge >= 0.3 is 6.09 Å². The van der Waals surface area contributed by atoms with Crippen LogP contribution in [0.5, 0.6) is 11.6 Å². The molecule has 8 nitrogen and oxygen atoms in total. The van der Waals surface area contributed by atoms with Crippen LogP contribution in [-0.2, 0) is 9.47 Å². The highest BCUT2D eigenvalue weighted by molar-refractivity contribution is 6.30. The first kappa shape index (κ1) is 23.5. The number of likely N-dealkylation sites (tertiary alicyclic amines) is 1. The number of methoxy groups -OCH3 is 1. The Morgan fingerprint density at radius 3 is 2.67 bits per heavy atom. The maximum atomic E-state index is 15.1. The zero-order valence-electron chi connectivity index (χ0n) is 19.0. The van der Waals surface area contributed by atoms with Gasteiger partial charge < -0.3 is 23.8 Å². The zero-order chi connectivity index (χ0) is 23.8. The van der Waals surface area contributed by atoms with E-state index < -0.39 is 30.0 Å². The van der Waals surface area contributed by atoms with Crippen molar-refractivity contribution >= 4 is 17.7 Å². The highest BCUT2D eigenvalue weighted by Gasteiger charge is 2.56. The predicted molar refractivity (Wildman–Crippen MR) is 119 cm³/mol. The van der Waals surface area contributed by atoms with Crippen molar-refractivity contribution in [2.24, 2.45) is 5.92 Å². The molecule has 0 N–H and O–H groups in total. The van der Waals surface area contributed by atoms with Crippen molar-refractivity contribution in [1.29, 1.82) is 0 Å². The lowest BCUT2D eigenvalue weighted by molar-refractivity contribution is -0.0154. The Balaban J connectivity index is 1.43. The van der Waals surface area contributed by atoms with Crippen molar-refractivity contribution < 1.29 is 28.1 Å². The van der Waals surface area contributed by atoms with Crippen molar-refractivity contribution in [3.63, 3.8) is 0 Å². The molecule has 2 aromatic rings. The Hall–Kier alpha value is -2.65. The molecule has 10 heteroatoms. The number of hydrogen-bond donors (Lipinski definition) is 0. The first-order valence-electron chi connectivity index (χ1n) is 10.7. The van der Waals surface area contributed by atoms with Gasteiger partial charge in [0.25, 0.3) is 0 Å². The number of halogens is 2. The van der Waals surface area contributed by atoms with E-state index in [0.717, 1.165) is 0 Å². The lowest BCUT2D eigenvalue weighted by Gasteiger charge is -2.35. The summed E-state index contributed by atoms with van der Waals surface area (Å²) in [5.74, 6) is 0.590. The minimum absolute atomic E-state index is 0.0599. The summed E-state index contributed by atoms with van der Waals surface area (Å²) < 4.78 is 36.9. The molecule has 1 aromatic carbocycles. The Labute approximate surface area is 196 Å². The number of carbonyl (C=O) groups excluding carboxylic acids is 1. The number of ether oxygens (including phenoxy) is 4. The minimum atomic E-state index is -1.33. The molecular weight excluding hydrogens is 453 g/mol. The standard InChI is InChI=1S/C23H27ClFN3O5/c1-23(2,3)33-22(29)28-11-13-9-17(28)20(25)21(13)32-19-8-7-16(26-27-19)15-6-5-14(24)10-18(15)31-12-30-4/h5-8,10,13,17,20-21H,9,11-12H2,1-4H3/t13?,17-,20-,21-/m1/s1. The molecule has 0 radical (unpaired) electrons. The van der Waals surface area contributed by atoms with Crippen molar-refractivity contribution in [3.05, 3.63) is 35.4 Å². The quantitative estimate of drug-likeness (QED) is 0.564. The number of amides is 1. The molecule has 4 rings (SSSR count). The molecular formula is C23H27ClFN3O5. The van der Waals surface area contributed by atoms with E-state index in [4.69, 9.17) is 30.5 Å². The number of piperidine rings is 1. The van der Waals surface area contributed by atoms with Gasteiger partial charge in [-0.15, -0.1) is 10.2 Å². The summed E-state index contributed by atoms with van der Waals surface area (Å²) in [6.07, 6.45) is -1.98. The zero-order valence-corrected chi connectivity index (χ0v) is 19.7. The summed E-state index contributed by atoms with van der Waals surface area (Å²) in [5, 5.41) is 8.85. The van der Waals surface area contributed by atoms with Gasteiger partial charge in [-0.1, -0.05) is 11.6 Å². The summed E-state index contributed by atoms with van der Waals surface area (Å²) in [6, 6.07) is 7.97. The third-order valence-corrected chi connectivity index (χ3v) is 5.83. The second kappa shape index (κ2) is 9.30. The molecule has 1 aliphatic heterocycles.